The van der Waals surface area contributed by atoms with Crippen molar-refractivity contribution < 1.29 is 48.5 Å². The summed E-state index contributed by atoms with van der Waals surface area (Å²) >= 11 is 7.14. The number of methoxy groups -OCH3 is 1. The fourth-order valence-electron chi connectivity index (χ4n) is 10.8. The Morgan fingerprint density at radius 2 is 1.49 bits per heavy atom. The van der Waals surface area contributed by atoms with Crippen LogP contribution in [-0.4, -0.2) is 41.8 Å². The van der Waals surface area contributed by atoms with E-state index in [2.05, 4.69) is 87.4 Å². The van der Waals surface area contributed by atoms with E-state index in [1.807, 2.05) is 0 Å². The van der Waals surface area contributed by atoms with Crippen molar-refractivity contribution in [2.24, 2.45) is 46.3 Å². The third-order valence-electron chi connectivity index (χ3n) is 13.0. The van der Waals surface area contributed by atoms with E-state index in [9.17, 15) is 14.7 Å². The van der Waals surface area contributed by atoms with Crippen molar-refractivity contribution in [2.75, 3.05) is 7.11 Å². The molecule has 5 fully saturated rings. The molecular weight excluding hydrogens is 767 g/mol. The van der Waals surface area contributed by atoms with Crippen molar-refractivity contribution in [3.8, 4) is 0 Å². The Labute approximate surface area is 331 Å². The number of halogens is 3. The third-order valence-corrected chi connectivity index (χ3v) is 14.2. The van der Waals surface area contributed by atoms with Gasteiger partial charge < -0.3 is 20.1 Å². The summed E-state index contributed by atoms with van der Waals surface area (Å²) in [6.07, 6.45) is 15.1. The molecule has 6 nitrogen and oxygen atoms in total. The molecule has 0 amide bonds. The van der Waals surface area contributed by atoms with Crippen LogP contribution < -0.4 is 18.9 Å². The van der Waals surface area contributed by atoms with Gasteiger partial charge >= 0.3 is 30.8 Å². The summed E-state index contributed by atoms with van der Waals surface area (Å²) in [6, 6.07) is 0. The van der Waals surface area contributed by atoms with E-state index < -0.39 is 12.1 Å². The molecule has 10 atom stereocenters. The number of aliphatic hydroxyl groups excluding tert-OH is 1. The summed E-state index contributed by atoms with van der Waals surface area (Å²) in [5.74, 6) is 3.24. The van der Waals surface area contributed by atoms with Crippen molar-refractivity contribution >= 4 is 56.2 Å². The molecular formula is C39H60Br2ClLiO6. The van der Waals surface area contributed by atoms with Crippen molar-refractivity contribution in [3.63, 3.8) is 0 Å². The molecule has 10 heteroatoms. The minimum Gasteiger partial charge on any atom is -0.870 e. The normalized spacial score (nSPS) is 35.2. The number of rotatable bonds is 9. The van der Waals surface area contributed by atoms with Gasteiger partial charge in [0.1, 0.15) is 6.10 Å². The second-order valence-electron chi connectivity index (χ2n) is 15.8. The number of hydrogen-bond donors (Lipinski definition) is 1. The first-order chi connectivity index (χ1) is 21.8. The second-order valence-corrected chi connectivity index (χ2v) is 16.7. The van der Waals surface area contributed by atoms with Crippen LogP contribution >= 0.6 is 44.3 Å². The topological polar surface area (TPSA) is 103 Å². The van der Waals surface area contributed by atoms with Gasteiger partial charge in [-0.3, -0.25) is 0 Å². The van der Waals surface area contributed by atoms with Gasteiger partial charge in [-0.15, -0.1) is 12.4 Å². The molecule has 0 aromatic carbocycles. The van der Waals surface area contributed by atoms with Crippen molar-refractivity contribution in [2.45, 2.75) is 130 Å². The van der Waals surface area contributed by atoms with Gasteiger partial charge in [-0.1, -0.05) is 83.9 Å². The van der Waals surface area contributed by atoms with E-state index >= 15 is 0 Å². The van der Waals surface area contributed by atoms with Gasteiger partial charge in [0.15, 0.2) is 0 Å². The maximum Gasteiger partial charge on any atom is 1.00 e. The first kappa shape index (κ1) is 46.7. The maximum absolute atomic E-state index is 11.5. The van der Waals surface area contributed by atoms with Crippen LogP contribution in [0.15, 0.2) is 45.4 Å². The molecule has 5 rings (SSSR count). The zero-order valence-corrected chi connectivity index (χ0v) is 34.8. The van der Waals surface area contributed by atoms with Crippen LogP contribution in [0.1, 0.15) is 118 Å². The van der Waals surface area contributed by atoms with Gasteiger partial charge in [0.2, 0.25) is 0 Å². The van der Waals surface area contributed by atoms with E-state index in [1.54, 1.807) is 11.1 Å². The Balaban J connectivity index is 0.000000463. The SMILES string of the molecule is C=C(CC(O)C[C@@H](C)[C@H]1CCC2/C(=C/Br)CCC[C@@]21C)C(=O)OC.C=C1C[C@H](C[C@@H](C)[C@H]2CC[C@H]3/C(=C/Br)CCC[C@]23C)OC1=O.Cl.[Li+].[OH-]. The molecule has 2 unspecified atom stereocenters. The molecule has 274 valence electrons. The Morgan fingerprint density at radius 3 is 1.92 bits per heavy atom. The number of hydrogen-bond acceptors (Lipinski definition) is 6. The predicted octanol–water partition coefficient (Wildman–Crippen LogP) is 7.62. The molecule has 0 spiro atoms. The molecule has 0 aromatic heterocycles. The average molecular weight is 827 g/mol. The summed E-state index contributed by atoms with van der Waals surface area (Å²) in [4.78, 5) is 27.3. The molecule has 0 radical (unpaired) electrons. The molecule has 1 aliphatic heterocycles. The zero-order valence-electron chi connectivity index (χ0n) is 30.8. The first-order valence-corrected chi connectivity index (χ1v) is 19.5. The van der Waals surface area contributed by atoms with Gasteiger partial charge in [0.05, 0.1) is 13.2 Å². The van der Waals surface area contributed by atoms with Crippen LogP contribution in [0.3, 0.4) is 0 Å². The molecule has 4 saturated carbocycles. The van der Waals surface area contributed by atoms with Gasteiger partial charge in [0, 0.05) is 24.0 Å². The average Bonchev–Trinajstić information content (AvgIpc) is 3.67. The number of carbonyl (C=O) groups is 2. The Hall–Kier alpha value is -0.333. The van der Waals surface area contributed by atoms with Crippen molar-refractivity contribution in [3.05, 3.63) is 45.4 Å². The van der Waals surface area contributed by atoms with Gasteiger partial charge in [-0.2, -0.15) is 0 Å². The number of cyclic esters (lactones) is 1. The minimum atomic E-state index is -0.524. The predicted molar refractivity (Wildman–Crippen MR) is 203 cm³/mol. The zero-order chi connectivity index (χ0) is 33.8. The van der Waals surface area contributed by atoms with E-state index in [0.29, 0.717) is 52.1 Å². The fraction of sp³-hybridized carbons (Fsp3) is 0.744. The molecule has 1 saturated heterocycles. The molecule has 0 bridgehead atoms. The summed E-state index contributed by atoms with van der Waals surface area (Å²) in [5, 5.41) is 10.4. The van der Waals surface area contributed by atoms with Crippen LogP contribution in [0.5, 0.6) is 0 Å². The molecule has 4 aliphatic carbocycles. The monoisotopic (exact) mass is 824 g/mol. The van der Waals surface area contributed by atoms with Crippen LogP contribution in [-0.2, 0) is 19.1 Å². The van der Waals surface area contributed by atoms with Crippen molar-refractivity contribution in [1.29, 1.82) is 0 Å². The first-order valence-electron chi connectivity index (χ1n) is 17.7. The van der Waals surface area contributed by atoms with Gasteiger partial charge in [0.25, 0.3) is 0 Å². The summed E-state index contributed by atoms with van der Waals surface area (Å²) in [7, 11) is 1.35. The van der Waals surface area contributed by atoms with E-state index in [-0.39, 0.29) is 48.8 Å². The third kappa shape index (κ3) is 10.4. The smallest absolute Gasteiger partial charge is 0.870 e. The molecule has 5 aliphatic rings. The maximum atomic E-state index is 11.5. The number of esters is 2. The van der Waals surface area contributed by atoms with Gasteiger partial charge in [-0.05, 0) is 133 Å². The van der Waals surface area contributed by atoms with Crippen molar-refractivity contribution in [1.82, 2.24) is 0 Å². The summed E-state index contributed by atoms with van der Waals surface area (Å²) in [6.45, 7) is 17.1. The van der Waals surface area contributed by atoms with E-state index in [0.717, 1.165) is 31.1 Å². The minimum absolute atomic E-state index is 0. The largest absolute Gasteiger partial charge is 1.00 e. The molecule has 0 aromatic rings. The van der Waals surface area contributed by atoms with Crippen LogP contribution in [0.4, 0.5) is 0 Å². The number of fused-ring (bicyclic) bond motifs is 2. The number of allylic oxidation sites excluding steroid dienone is 2. The van der Waals surface area contributed by atoms with E-state index in [1.165, 1.54) is 71.3 Å². The van der Waals surface area contributed by atoms with Gasteiger partial charge in [-0.25, -0.2) is 9.59 Å². The molecule has 1 heterocycles. The Morgan fingerprint density at radius 1 is 1.00 bits per heavy atom. The van der Waals surface area contributed by atoms with Crippen LogP contribution in [0, 0.1) is 46.3 Å². The second kappa shape index (κ2) is 20.2. The van der Waals surface area contributed by atoms with Crippen LogP contribution in [0.2, 0.25) is 0 Å². The quantitative estimate of drug-likeness (QED) is 0.146. The molecule has 49 heavy (non-hydrogen) atoms. The number of ether oxygens (including phenoxy) is 2. The Bertz CT molecular complexity index is 1210. The Kier molecular flexibility index (Phi) is 19.3. The summed E-state index contributed by atoms with van der Waals surface area (Å²) in [5.41, 5.74) is 4.96. The number of aliphatic hydroxyl groups is 1. The fourth-order valence-corrected chi connectivity index (χ4v) is 11.9. The summed E-state index contributed by atoms with van der Waals surface area (Å²) < 4.78 is 10.1. The standard InChI is InChI=1S/C20H31BrO3.C19H27BrO2.ClH.Li.H2O/c1-13(10-16(22)11-14(2)19(23)24-4)17-7-8-18-15(12-21)6-5-9-20(17,18)3;1-12(9-15-10-13(2)18(21)22-15)16-6-7-17-14(11-20)5-4-8-19(16,17)3;;;/h12-13,16-18,22H,2,5-11H2,1,3-4H3;11-12,15-17H,2,4-10H2,1,3H3;1H;;1H2/q;;;+1;/p-1/b15-12+;14-11+;;;/t13-,16?,17-,18?,20-;12-,15+,16-,17+,19-;;;/m11.../s1. The number of carbonyl (C=O) groups excluding carboxylic acids is 2. The molecule has 2 N–H and O–H groups in total. The van der Waals surface area contributed by atoms with E-state index in [4.69, 9.17) is 4.74 Å². The van der Waals surface area contributed by atoms with Crippen LogP contribution in [0.25, 0.3) is 0 Å².